The van der Waals surface area contributed by atoms with E-state index in [9.17, 15) is 91.6 Å². The van der Waals surface area contributed by atoms with Gasteiger partial charge in [0.15, 0.2) is 18.5 Å². The molecule has 10 rings (SSSR count). The first kappa shape index (κ1) is 67.1. The molecule has 0 radical (unpaired) electrons. The van der Waals surface area contributed by atoms with E-state index < -0.39 is 195 Å². The van der Waals surface area contributed by atoms with Crippen molar-refractivity contribution in [1.82, 2.24) is 0 Å². The average Bonchev–Trinajstić information content (AvgIpc) is 0.690. The second-order valence-corrected chi connectivity index (χ2v) is 29.2. The number of rotatable bonds is 11. The van der Waals surface area contributed by atoms with Gasteiger partial charge in [-0.3, -0.25) is 4.79 Å². The van der Waals surface area contributed by atoms with Crippen LogP contribution in [0, 0.1) is 56.7 Å². The Labute approximate surface area is 499 Å². The summed E-state index contributed by atoms with van der Waals surface area (Å²) in [6.07, 6.45) is -30.2. The lowest BCUT2D eigenvalue weighted by atomic mass is 9.34. The van der Waals surface area contributed by atoms with E-state index in [1.54, 1.807) is 0 Å². The Balaban J connectivity index is 0.839. The third-order valence-electron chi connectivity index (χ3n) is 23.3. The summed E-state index contributed by atoms with van der Waals surface area (Å²) in [7, 11) is 0. The Morgan fingerprint density at radius 2 is 1.28 bits per heavy atom. The minimum absolute atomic E-state index is 0.0347. The van der Waals surface area contributed by atoms with Gasteiger partial charge in [-0.1, -0.05) is 60.1 Å². The number of aliphatic hydroxyl groups excluding tert-OH is 15. The summed E-state index contributed by atoms with van der Waals surface area (Å²) in [5.41, 5.74) is -0.735. The van der Waals surface area contributed by atoms with Crippen LogP contribution in [0.25, 0.3) is 0 Å². The summed E-state index contributed by atoms with van der Waals surface area (Å²) in [5.74, 6) is -10.9. The first-order valence-corrected chi connectivity index (χ1v) is 30.7. The van der Waals surface area contributed by atoms with Crippen molar-refractivity contribution in [3.05, 3.63) is 11.6 Å². The molecule has 0 aromatic carbocycles. The molecule has 494 valence electrons. The van der Waals surface area contributed by atoms with E-state index in [0.29, 0.717) is 32.1 Å². The van der Waals surface area contributed by atoms with Crippen LogP contribution in [0.15, 0.2) is 11.6 Å². The molecule has 17 N–H and O–H groups in total. The molecule has 5 heterocycles. The van der Waals surface area contributed by atoms with Crippen molar-refractivity contribution >= 4 is 5.97 Å². The molecule has 86 heavy (non-hydrogen) atoms. The topological polar surface area (TPSA) is 444 Å². The van der Waals surface area contributed by atoms with Gasteiger partial charge in [0.1, 0.15) is 97.7 Å². The summed E-state index contributed by atoms with van der Waals surface area (Å²) in [6.45, 7) is 15.7. The monoisotopic (exact) mass is 1240 g/mol. The van der Waals surface area contributed by atoms with E-state index in [-0.39, 0.29) is 39.9 Å². The second-order valence-electron chi connectivity index (χ2n) is 29.2. The van der Waals surface area contributed by atoms with Gasteiger partial charge >= 0.3 is 17.9 Å². The molecule has 0 bridgehead atoms. The van der Waals surface area contributed by atoms with E-state index in [4.69, 9.17) is 42.6 Å². The Hall–Kier alpha value is -1.79. The zero-order valence-corrected chi connectivity index (χ0v) is 50.3. The molecule has 4 saturated carbocycles. The molecule has 0 amide bonds. The third-order valence-corrected chi connectivity index (χ3v) is 23.3. The molecule has 27 nitrogen and oxygen atoms in total. The number of fused-ring (bicyclic) bond motifs is 7. The van der Waals surface area contributed by atoms with Crippen LogP contribution in [0.3, 0.4) is 0 Å². The van der Waals surface area contributed by atoms with Crippen LogP contribution in [0.1, 0.15) is 120 Å². The SMILES string of the molecule is CC1OC(OC2C(CO)OC(O)(OCC3OC(O)(OC(=O)C4CC(C)(C)CC5C6=CCC7C8(C)CCC(OC9(C%10OCC(O)C(O)C%10O)OC(C)C(O)C(O)C9O)C(C)(C)C8CCC7(C)C6(C)CCC45)C(O)C(O)C3O)C(O)C2O)C(O)C(O)C1O. The molecule has 5 saturated heterocycles. The first-order valence-electron chi connectivity index (χ1n) is 30.7. The highest BCUT2D eigenvalue weighted by molar-refractivity contribution is 5.74. The van der Waals surface area contributed by atoms with Gasteiger partial charge in [-0.25, -0.2) is 0 Å². The Morgan fingerprint density at radius 3 is 1.95 bits per heavy atom. The molecule has 0 spiro atoms. The van der Waals surface area contributed by atoms with Crippen LogP contribution in [-0.2, 0) is 47.4 Å². The summed E-state index contributed by atoms with van der Waals surface area (Å²) >= 11 is 0. The number of hydrogen-bond donors (Lipinski definition) is 17. The molecule has 0 aromatic heterocycles. The van der Waals surface area contributed by atoms with Crippen molar-refractivity contribution in [2.24, 2.45) is 56.7 Å². The lowest BCUT2D eigenvalue weighted by molar-refractivity contribution is -0.473. The van der Waals surface area contributed by atoms with Gasteiger partial charge in [0.25, 0.3) is 0 Å². The fourth-order valence-electron chi connectivity index (χ4n) is 18.2. The number of ether oxygens (including phenoxy) is 9. The molecule has 10 aliphatic rings. The molecule has 0 aromatic rings. The van der Waals surface area contributed by atoms with Gasteiger partial charge in [0, 0.05) is 0 Å². The number of esters is 1. The number of aliphatic hydroxyl groups is 17. The molecule has 5 aliphatic heterocycles. The lowest BCUT2D eigenvalue weighted by Crippen LogP contribution is -2.75. The summed E-state index contributed by atoms with van der Waals surface area (Å²) in [4.78, 5) is 14.8. The Morgan fingerprint density at radius 1 is 0.640 bits per heavy atom. The molecule has 5 aliphatic carbocycles. The molecular formula is C59H96O27. The molecular weight excluding hydrogens is 1140 g/mol. The van der Waals surface area contributed by atoms with E-state index in [2.05, 4.69) is 40.7 Å². The highest BCUT2D eigenvalue weighted by Crippen LogP contribution is 2.75. The van der Waals surface area contributed by atoms with Crippen LogP contribution >= 0.6 is 0 Å². The zero-order valence-electron chi connectivity index (χ0n) is 50.3. The Bertz CT molecular complexity index is 2470. The predicted molar refractivity (Wildman–Crippen MR) is 289 cm³/mol. The van der Waals surface area contributed by atoms with Crippen molar-refractivity contribution in [2.45, 2.75) is 272 Å². The number of carbonyl (C=O) groups excluding carboxylic acids is 1. The summed E-state index contributed by atoms with van der Waals surface area (Å²) in [5, 5.41) is 187. The van der Waals surface area contributed by atoms with Crippen LogP contribution in [0.4, 0.5) is 0 Å². The molecule has 33 unspecified atom stereocenters. The minimum atomic E-state index is -3.32. The fourth-order valence-corrected chi connectivity index (χ4v) is 18.2. The van der Waals surface area contributed by atoms with Crippen molar-refractivity contribution < 1.29 is 134 Å². The van der Waals surface area contributed by atoms with Gasteiger partial charge < -0.3 is 129 Å². The zero-order chi connectivity index (χ0) is 63.3. The summed E-state index contributed by atoms with van der Waals surface area (Å²) < 4.78 is 52.4. The van der Waals surface area contributed by atoms with Crippen molar-refractivity contribution in [3.8, 4) is 0 Å². The maximum absolute atomic E-state index is 14.8. The van der Waals surface area contributed by atoms with Gasteiger partial charge in [-0.15, -0.1) is 0 Å². The van der Waals surface area contributed by atoms with Gasteiger partial charge in [-0.05, 0) is 122 Å². The smallest absolute Gasteiger partial charge is 0.357 e. The molecule has 9 fully saturated rings. The maximum Gasteiger partial charge on any atom is 0.357 e. The van der Waals surface area contributed by atoms with E-state index in [1.807, 2.05) is 13.8 Å². The van der Waals surface area contributed by atoms with Crippen LogP contribution in [0.2, 0.25) is 0 Å². The first-order chi connectivity index (χ1) is 39.9. The van der Waals surface area contributed by atoms with Crippen LogP contribution in [-0.4, -0.2) is 265 Å². The van der Waals surface area contributed by atoms with Crippen molar-refractivity contribution in [3.63, 3.8) is 0 Å². The predicted octanol–water partition coefficient (Wildman–Crippen LogP) is -3.63. The quantitative estimate of drug-likeness (QED) is 0.0411. The largest absolute Gasteiger partial charge is 0.405 e. The van der Waals surface area contributed by atoms with Gasteiger partial charge in [0.05, 0.1) is 44.1 Å². The lowest BCUT2D eigenvalue weighted by Gasteiger charge is -2.71. The third kappa shape index (κ3) is 10.6. The van der Waals surface area contributed by atoms with Crippen LogP contribution in [0.5, 0.6) is 0 Å². The van der Waals surface area contributed by atoms with E-state index >= 15 is 0 Å². The second kappa shape index (κ2) is 23.3. The fraction of sp³-hybridized carbons (Fsp3) is 0.949. The number of allylic oxidation sites excluding steroid dienone is 2. The van der Waals surface area contributed by atoms with Crippen LogP contribution < -0.4 is 0 Å². The highest BCUT2D eigenvalue weighted by Gasteiger charge is 2.71. The van der Waals surface area contributed by atoms with Crippen molar-refractivity contribution in [2.75, 3.05) is 19.8 Å². The van der Waals surface area contributed by atoms with E-state index in [0.717, 1.165) is 25.7 Å². The molecule has 33 atom stereocenters. The van der Waals surface area contributed by atoms with Gasteiger partial charge in [-0.2, -0.15) is 0 Å². The average molecular weight is 1240 g/mol. The number of hydrogen-bond acceptors (Lipinski definition) is 27. The Kier molecular flexibility index (Phi) is 18.2. The van der Waals surface area contributed by atoms with E-state index in [1.165, 1.54) is 19.4 Å². The standard InChI is InChI=1S/C59H96O27/c1-23-35(62)39(66)43(70)51(80-23)81-45-30(20-60)83-58(76,48(74)44(45)71)79-22-31-38(65)41(68)47(73)59(77,84-31)86-50(75)27-19-52(3,4)18-26-25(27)12-16-55(8)28(26)10-11-33-54(7)15-14-34(53(5,6)32(54)13-17-56(33,55)9)85-57(46(72)40(67)36(63)24(2)82-57)49-42(69)37(64)29(61)21-78-49/h10,23-27,29-49,51,60-74,76-77H,11-22H2,1-9H3. The summed E-state index contributed by atoms with van der Waals surface area (Å²) in [6, 6.07) is 0. The molecule has 27 heteroatoms. The number of carbonyl (C=O) groups is 1. The maximum atomic E-state index is 14.8. The highest BCUT2D eigenvalue weighted by atomic mass is 16.9. The normalized spacial score (nSPS) is 56.3. The van der Waals surface area contributed by atoms with Gasteiger partial charge in [0.2, 0.25) is 5.79 Å². The minimum Gasteiger partial charge on any atom is -0.405 e. The van der Waals surface area contributed by atoms with Crippen molar-refractivity contribution in [1.29, 1.82) is 0 Å².